The van der Waals surface area contributed by atoms with Crippen LogP contribution >= 0.6 is 11.6 Å². The van der Waals surface area contributed by atoms with Crippen molar-refractivity contribution in [1.82, 2.24) is 15.3 Å². The van der Waals surface area contributed by atoms with Crippen LogP contribution in [-0.4, -0.2) is 29.5 Å². The number of halogens is 4. The number of nitrogens with one attached hydrogen (secondary N) is 2. The van der Waals surface area contributed by atoms with Gasteiger partial charge in [-0.25, -0.2) is 9.97 Å². The van der Waals surface area contributed by atoms with Crippen molar-refractivity contribution in [1.29, 1.82) is 0 Å². The van der Waals surface area contributed by atoms with E-state index in [1.54, 1.807) is 13.8 Å². The molecule has 0 aliphatic rings. The number of anilines is 1. The molecule has 1 aromatic rings. The molecule has 2 N–H and O–H groups in total. The number of rotatable bonds is 4. The van der Waals surface area contributed by atoms with Crippen LogP contribution in [-0.2, 0) is 11.0 Å². The van der Waals surface area contributed by atoms with Crippen molar-refractivity contribution in [2.75, 3.05) is 18.9 Å². The number of nitrogens with zero attached hydrogens (tertiary/aromatic N) is 2. The fraction of sp³-hybridized carbons (Fsp3) is 0.545. The first kappa shape index (κ1) is 16.5. The molecule has 1 rings (SSSR count). The summed E-state index contributed by atoms with van der Waals surface area (Å²) in [7, 11) is 1.48. The minimum absolute atomic E-state index is 0.0886. The van der Waals surface area contributed by atoms with Crippen molar-refractivity contribution < 1.29 is 18.0 Å². The number of amides is 1. The normalized spacial score (nSPS) is 12.2. The summed E-state index contributed by atoms with van der Waals surface area (Å²) in [4.78, 5) is 18.3. The Kier molecular flexibility index (Phi) is 4.80. The summed E-state index contributed by atoms with van der Waals surface area (Å²) in [6.07, 6.45) is -4.61. The second-order valence-electron chi connectivity index (χ2n) is 4.72. The molecule has 9 heteroatoms. The van der Waals surface area contributed by atoms with Crippen molar-refractivity contribution in [2.45, 2.75) is 20.0 Å². The molecule has 1 amide bonds. The SMILES string of the molecule is CNC(=O)C(C)(C)CNc1cc(C(F)(F)F)nc(Cl)n1. The van der Waals surface area contributed by atoms with Crippen molar-refractivity contribution >= 4 is 23.3 Å². The van der Waals surface area contributed by atoms with Gasteiger partial charge in [-0.3, -0.25) is 4.79 Å². The Labute approximate surface area is 118 Å². The monoisotopic (exact) mass is 310 g/mol. The summed E-state index contributed by atoms with van der Waals surface area (Å²) < 4.78 is 37.7. The third-order valence-corrected chi connectivity index (χ3v) is 2.71. The summed E-state index contributed by atoms with van der Waals surface area (Å²) in [6.45, 7) is 3.38. The summed E-state index contributed by atoms with van der Waals surface area (Å²) in [5.74, 6) is -0.337. The first-order valence-electron chi connectivity index (χ1n) is 5.64. The molecule has 5 nitrogen and oxygen atoms in total. The minimum atomic E-state index is -4.61. The van der Waals surface area contributed by atoms with Gasteiger partial charge in [-0.2, -0.15) is 13.2 Å². The Morgan fingerprint density at radius 3 is 2.45 bits per heavy atom. The highest BCUT2D eigenvalue weighted by molar-refractivity contribution is 6.28. The highest BCUT2D eigenvalue weighted by atomic mass is 35.5. The van der Waals surface area contributed by atoms with Crippen LogP contribution < -0.4 is 10.6 Å². The van der Waals surface area contributed by atoms with Crippen LogP contribution in [0.1, 0.15) is 19.5 Å². The van der Waals surface area contributed by atoms with E-state index in [4.69, 9.17) is 11.6 Å². The molecule has 0 saturated heterocycles. The van der Waals surface area contributed by atoms with Crippen LogP contribution in [0.4, 0.5) is 19.0 Å². The Hall–Kier alpha value is -1.57. The standard InChI is InChI=1S/C11H14ClF3N4O/c1-10(2,8(20)16-3)5-17-7-4-6(11(13,14)15)18-9(12)19-7/h4H,5H2,1-3H3,(H,16,20)(H,17,18,19). The Bertz CT molecular complexity index is 505. The quantitative estimate of drug-likeness (QED) is 0.838. The molecular weight excluding hydrogens is 297 g/mol. The second kappa shape index (κ2) is 5.82. The largest absolute Gasteiger partial charge is 0.433 e. The van der Waals surface area contributed by atoms with Gasteiger partial charge in [-0.1, -0.05) is 0 Å². The molecule has 0 saturated carbocycles. The average molecular weight is 311 g/mol. The first-order chi connectivity index (χ1) is 9.06. The Balaban J connectivity index is 2.89. The van der Waals surface area contributed by atoms with Crippen molar-refractivity contribution in [2.24, 2.45) is 5.41 Å². The highest BCUT2D eigenvalue weighted by Gasteiger charge is 2.34. The van der Waals surface area contributed by atoms with Gasteiger partial charge < -0.3 is 10.6 Å². The number of carbonyl (C=O) groups is 1. The lowest BCUT2D eigenvalue weighted by molar-refractivity contribution is -0.141. The predicted molar refractivity (Wildman–Crippen MR) is 68.4 cm³/mol. The van der Waals surface area contributed by atoms with Crippen molar-refractivity contribution in [3.05, 3.63) is 17.0 Å². The van der Waals surface area contributed by atoms with Crippen LogP contribution in [0, 0.1) is 5.41 Å². The molecular formula is C11H14ClF3N4O. The van der Waals surface area contributed by atoms with Gasteiger partial charge in [0.25, 0.3) is 0 Å². The maximum absolute atomic E-state index is 12.6. The number of aromatic nitrogens is 2. The average Bonchev–Trinajstić information content (AvgIpc) is 2.33. The summed E-state index contributed by atoms with van der Waals surface area (Å²) >= 11 is 5.45. The van der Waals surface area contributed by atoms with Gasteiger partial charge in [0.15, 0.2) is 5.69 Å². The fourth-order valence-electron chi connectivity index (χ4n) is 1.38. The van der Waals surface area contributed by atoms with Gasteiger partial charge in [0.2, 0.25) is 11.2 Å². The topological polar surface area (TPSA) is 66.9 Å². The van der Waals surface area contributed by atoms with Gasteiger partial charge in [0.05, 0.1) is 5.41 Å². The lowest BCUT2D eigenvalue weighted by atomic mass is 9.92. The molecule has 0 radical (unpaired) electrons. The molecule has 0 unspecified atom stereocenters. The Morgan fingerprint density at radius 1 is 1.35 bits per heavy atom. The van der Waals surface area contributed by atoms with Gasteiger partial charge >= 0.3 is 6.18 Å². The Morgan fingerprint density at radius 2 is 1.95 bits per heavy atom. The van der Waals surface area contributed by atoms with Gasteiger partial charge in [0.1, 0.15) is 5.82 Å². The molecule has 0 spiro atoms. The van der Waals surface area contributed by atoms with E-state index in [2.05, 4.69) is 20.6 Å². The third kappa shape index (κ3) is 4.22. The summed E-state index contributed by atoms with van der Waals surface area (Å²) in [5.41, 5.74) is -1.96. The minimum Gasteiger partial charge on any atom is -0.369 e. The van der Waals surface area contributed by atoms with E-state index >= 15 is 0 Å². The van der Waals surface area contributed by atoms with E-state index in [0.29, 0.717) is 0 Å². The molecule has 0 fully saturated rings. The molecule has 0 aliphatic carbocycles. The van der Waals surface area contributed by atoms with Gasteiger partial charge in [0, 0.05) is 19.7 Å². The number of carbonyl (C=O) groups excluding carboxylic acids is 1. The lowest BCUT2D eigenvalue weighted by Gasteiger charge is -2.23. The molecule has 0 bridgehead atoms. The van der Waals surface area contributed by atoms with Gasteiger partial charge in [-0.05, 0) is 25.4 Å². The first-order valence-corrected chi connectivity index (χ1v) is 6.02. The van der Waals surface area contributed by atoms with Crippen LogP contribution in [0.25, 0.3) is 0 Å². The molecule has 1 aromatic heterocycles. The van der Waals surface area contributed by atoms with E-state index in [1.165, 1.54) is 7.05 Å². The highest BCUT2D eigenvalue weighted by Crippen LogP contribution is 2.29. The fourth-order valence-corrected chi connectivity index (χ4v) is 1.57. The molecule has 112 valence electrons. The zero-order valence-corrected chi connectivity index (χ0v) is 11.9. The van der Waals surface area contributed by atoms with Gasteiger partial charge in [-0.15, -0.1) is 0 Å². The summed E-state index contributed by atoms with van der Waals surface area (Å²) in [5, 5.41) is 4.61. The maximum Gasteiger partial charge on any atom is 0.433 e. The second-order valence-corrected chi connectivity index (χ2v) is 5.06. The molecule has 0 aliphatic heterocycles. The van der Waals surface area contributed by atoms with Crippen LogP contribution in [0.15, 0.2) is 6.07 Å². The van der Waals surface area contributed by atoms with E-state index in [0.717, 1.165) is 6.07 Å². The van der Waals surface area contributed by atoms with Crippen LogP contribution in [0.3, 0.4) is 0 Å². The lowest BCUT2D eigenvalue weighted by Crippen LogP contribution is -2.39. The van der Waals surface area contributed by atoms with Crippen LogP contribution in [0.5, 0.6) is 0 Å². The number of hydrogen-bond acceptors (Lipinski definition) is 4. The van der Waals surface area contributed by atoms with E-state index < -0.39 is 22.6 Å². The zero-order chi connectivity index (χ0) is 15.6. The third-order valence-electron chi connectivity index (χ3n) is 2.54. The van der Waals surface area contributed by atoms with E-state index in [-0.39, 0.29) is 18.3 Å². The molecule has 20 heavy (non-hydrogen) atoms. The molecule has 1 heterocycles. The predicted octanol–water partition coefficient (Wildman–Crippen LogP) is 2.33. The smallest absolute Gasteiger partial charge is 0.369 e. The van der Waals surface area contributed by atoms with Crippen molar-refractivity contribution in [3.63, 3.8) is 0 Å². The maximum atomic E-state index is 12.6. The van der Waals surface area contributed by atoms with E-state index in [9.17, 15) is 18.0 Å². The summed E-state index contributed by atoms with van der Waals surface area (Å²) in [6, 6.07) is 0.742. The molecule has 0 atom stereocenters. The molecule has 0 aromatic carbocycles. The van der Waals surface area contributed by atoms with E-state index in [1.807, 2.05) is 0 Å². The zero-order valence-electron chi connectivity index (χ0n) is 11.1. The van der Waals surface area contributed by atoms with Crippen molar-refractivity contribution in [3.8, 4) is 0 Å². The number of alkyl halides is 3. The van der Waals surface area contributed by atoms with Crippen LogP contribution in [0.2, 0.25) is 5.28 Å². The number of hydrogen-bond donors (Lipinski definition) is 2.